The number of carbonyl (C=O) groups is 4. The maximum Gasteiger partial charge on any atom is 0.407 e. The number of amides is 3. The molecule has 3 amide bonds. The summed E-state index contributed by atoms with van der Waals surface area (Å²) in [6.45, 7) is 2.35. The first-order valence-corrected chi connectivity index (χ1v) is 14.1. The first-order valence-electron chi connectivity index (χ1n) is 14.1. The Morgan fingerprint density at radius 2 is 1.67 bits per heavy atom. The number of carbonyl (C=O) groups excluding carboxylic acids is 3. The number of carboxylic acid groups (broad SMARTS) is 1. The van der Waals surface area contributed by atoms with E-state index in [2.05, 4.69) is 16.0 Å². The third-order valence-electron chi connectivity index (χ3n) is 7.12. The summed E-state index contributed by atoms with van der Waals surface area (Å²) >= 11 is 0. The monoisotopic (exact) mass is 584 g/mol. The molecule has 10 nitrogen and oxygen atoms in total. The van der Waals surface area contributed by atoms with Gasteiger partial charge in [-0.25, -0.2) is 4.79 Å². The largest absolute Gasteiger partial charge is 0.481 e. The molecule has 0 aliphatic heterocycles. The van der Waals surface area contributed by atoms with E-state index in [1.807, 2.05) is 55.5 Å². The van der Waals surface area contributed by atoms with Crippen molar-refractivity contribution in [1.82, 2.24) is 15.2 Å². The van der Waals surface area contributed by atoms with E-state index in [1.54, 1.807) is 41.9 Å². The predicted molar refractivity (Wildman–Crippen MR) is 164 cm³/mol. The summed E-state index contributed by atoms with van der Waals surface area (Å²) in [5.74, 6) is -1.80. The number of nitrogens with zero attached hydrogens (tertiary/aromatic N) is 1. The number of hydrogen-bond acceptors (Lipinski definition) is 5. The van der Waals surface area contributed by atoms with Crippen molar-refractivity contribution in [2.75, 3.05) is 11.9 Å². The molecule has 1 aromatic heterocycles. The van der Waals surface area contributed by atoms with Gasteiger partial charge in [0.2, 0.25) is 5.91 Å². The highest BCUT2D eigenvalue weighted by atomic mass is 16.5. The molecule has 4 rings (SSSR count). The fourth-order valence-electron chi connectivity index (χ4n) is 4.71. The van der Waals surface area contributed by atoms with Crippen LogP contribution in [0.3, 0.4) is 0 Å². The Labute approximate surface area is 250 Å². The zero-order valence-corrected chi connectivity index (χ0v) is 24.3. The van der Waals surface area contributed by atoms with Crippen LogP contribution >= 0.6 is 0 Å². The molecule has 1 heterocycles. The van der Waals surface area contributed by atoms with Crippen LogP contribution < -0.4 is 16.0 Å². The van der Waals surface area contributed by atoms with Gasteiger partial charge >= 0.3 is 12.1 Å². The predicted octanol–water partition coefficient (Wildman–Crippen LogP) is 4.95. The fourth-order valence-corrected chi connectivity index (χ4v) is 4.71. The maximum atomic E-state index is 13.5. The number of carboxylic acids is 1. The summed E-state index contributed by atoms with van der Waals surface area (Å²) in [5.41, 5.74) is 4.43. The SMILES string of the molecule is Cc1ccc(COC(=O)NCCC[C@H](NC(=O)c2cc3ccccc3n2C)C(=O)Nc2ccccc2CCC(=O)O)cc1. The van der Waals surface area contributed by atoms with E-state index >= 15 is 0 Å². The lowest BCUT2D eigenvalue weighted by Gasteiger charge is -2.20. The number of para-hydroxylation sites is 2. The molecule has 0 spiro atoms. The number of aromatic nitrogens is 1. The van der Waals surface area contributed by atoms with Gasteiger partial charge in [0.15, 0.2) is 0 Å². The molecule has 1 atom stereocenters. The number of aliphatic carboxylic acids is 1. The van der Waals surface area contributed by atoms with Crippen LogP contribution in [0.4, 0.5) is 10.5 Å². The van der Waals surface area contributed by atoms with Crippen molar-refractivity contribution in [3.8, 4) is 0 Å². The summed E-state index contributed by atoms with van der Waals surface area (Å²) in [5, 5.41) is 18.4. The highest BCUT2D eigenvalue weighted by Gasteiger charge is 2.24. The average molecular weight is 585 g/mol. The third-order valence-corrected chi connectivity index (χ3v) is 7.12. The van der Waals surface area contributed by atoms with Crippen LogP contribution in [0.2, 0.25) is 0 Å². The summed E-state index contributed by atoms with van der Waals surface area (Å²) in [6.07, 6.45) is 0.200. The lowest BCUT2D eigenvalue weighted by atomic mass is 10.1. The lowest BCUT2D eigenvalue weighted by Crippen LogP contribution is -2.44. The van der Waals surface area contributed by atoms with Gasteiger partial charge in [0, 0.05) is 36.6 Å². The Bertz CT molecular complexity index is 1590. The second-order valence-electron chi connectivity index (χ2n) is 10.3. The van der Waals surface area contributed by atoms with Gasteiger partial charge in [-0.15, -0.1) is 0 Å². The van der Waals surface area contributed by atoms with Crippen LogP contribution in [0.1, 0.15) is 46.4 Å². The van der Waals surface area contributed by atoms with Crippen molar-refractivity contribution < 1.29 is 29.0 Å². The van der Waals surface area contributed by atoms with Crippen molar-refractivity contribution in [2.45, 2.75) is 45.3 Å². The van der Waals surface area contributed by atoms with Gasteiger partial charge in [0.05, 0.1) is 0 Å². The number of anilines is 1. The standard InChI is InChI=1S/C33H36N4O6/c1-22-13-15-23(16-14-22)21-43-33(42)34-19-7-11-27(31(40)35-26-10-5-3-8-24(26)17-18-30(38)39)36-32(41)29-20-25-9-4-6-12-28(25)37(29)2/h3-6,8-10,12-16,20,27H,7,11,17-19,21H2,1-2H3,(H,34,42)(H,35,40)(H,36,41)(H,38,39)/t27-/m0/s1. The Morgan fingerprint density at radius 3 is 2.42 bits per heavy atom. The summed E-state index contributed by atoms with van der Waals surface area (Å²) < 4.78 is 7.05. The van der Waals surface area contributed by atoms with Crippen molar-refractivity contribution in [2.24, 2.45) is 7.05 Å². The highest BCUT2D eigenvalue weighted by Crippen LogP contribution is 2.20. The first kappa shape index (κ1) is 30.8. The molecule has 0 saturated carbocycles. The van der Waals surface area contributed by atoms with Crippen molar-refractivity contribution >= 4 is 40.5 Å². The zero-order chi connectivity index (χ0) is 30.8. The number of ether oxygens (including phenoxy) is 1. The number of nitrogens with one attached hydrogen (secondary N) is 3. The molecular weight excluding hydrogens is 548 g/mol. The minimum absolute atomic E-state index is 0.0836. The molecule has 0 fully saturated rings. The van der Waals surface area contributed by atoms with Crippen LogP contribution in [0.15, 0.2) is 78.9 Å². The van der Waals surface area contributed by atoms with E-state index in [-0.39, 0.29) is 32.4 Å². The molecule has 0 bridgehead atoms. The fraction of sp³-hybridized carbons (Fsp3) is 0.273. The maximum absolute atomic E-state index is 13.5. The molecule has 0 unspecified atom stereocenters. The zero-order valence-electron chi connectivity index (χ0n) is 24.3. The average Bonchev–Trinajstić information content (AvgIpc) is 3.34. The molecule has 10 heteroatoms. The second-order valence-corrected chi connectivity index (χ2v) is 10.3. The minimum atomic E-state index is -0.939. The van der Waals surface area contributed by atoms with Crippen LogP contribution in [0, 0.1) is 6.92 Å². The first-order chi connectivity index (χ1) is 20.7. The smallest absolute Gasteiger partial charge is 0.407 e. The van der Waals surface area contributed by atoms with Crippen molar-refractivity contribution in [3.05, 3.63) is 101 Å². The Kier molecular flexibility index (Phi) is 10.5. The van der Waals surface area contributed by atoms with Gasteiger partial charge in [-0.1, -0.05) is 66.2 Å². The van der Waals surface area contributed by atoms with Gasteiger partial charge in [-0.2, -0.15) is 0 Å². The van der Waals surface area contributed by atoms with Crippen molar-refractivity contribution in [1.29, 1.82) is 0 Å². The van der Waals surface area contributed by atoms with E-state index in [0.717, 1.165) is 22.0 Å². The van der Waals surface area contributed by atoms with E-state index in [0.29, 0.717) is 23.4 Å². The number of aryl methyl sites for hydroxylation is 3. The molecule has 0 saturated heterocycles. The number of benzene rings is 3. The number of fused-ring (bicyclic) bond motifs is 1. The van der Waals surface area contributed by atoms with Crippen LogP contribution in [0.25, 0.3) is 10.9 Å². The number of alkyl carbamates (subject to hydrolysis) is 1. The van der Waals surface area contributed by atoms with E-state index in [1.165, 1.54) is 0 Å². The highest BCUT2D eigenvalue weighted by molar-refractivity contribution is 6.03. The van der Waals surface area contributed by atoms with Crippen LogP contribution in [-0.2, 0) is 34.4 Å². The summed E-state index contributed by atoms with van der Waals surface area (Å²) in [4.78, 5) is 50.2. The third kappa shape index (κ3) is 8.68. The molecule has 0 aliphatic rings. The van der Waals surface area contributed by atoms with Crippen LogP contribution in [-0.4, -0.2) is 46.1 Å². The lowest BCUT2D eigenvalue weighted by molar-refractivity contribution is -0.137. The Hall–Kier alpha value is -5.12. The van der Waals surface area contributed by atoms with E-state index in [9.17, 15) is 19.2 Å². The normalized spacial score (nSPS) is 11.5. The van der Waals surface area contributed by atoms with Gasteiger partial charge in [-0.3, -0.25) is 14.4 Å². The van der Waals surface area contributed by atoms with Crippen LogP contribution in [0.5, 0.6) is 0 Å². The van der Waals surface area contributed by atoms with Gasteiger partial charge in [0.1, 0.15) is 18.3 Å². The second kappa shape index (κ2) is 14.7. The molecular formula is C33H36N4O6. The quantitative estimate of drug-likeness (QED) is 0.164. The molecule has 224 valence electrons. The Balaban J connectivity index is 1.41. The van der Waals surface area contributed by atoms with E-state index in [4.69, 9.17) is 9.84 Å². The number of rotatable bonds is 13. The van der Waals surface area contributed by atoms with E-state index < -0.39 is 29.9 Å². The molecule has 0 radical (unpaired) electrons. The van der Waals surface area contributed by atoms with Gasteiger partial charge < -0.3 is 30.4 Å². The van der Waals surface area contributed by atoms with Gasteiger partial charge in [-0.05, 0) is 55.5 Å². The van der Waals surface area contributed by atoms with Crippen molar-refractivity contribution in [3.63, 3.8) is 0 Å². The number of hydrogen-bond donors (Lipinski definition) is 4. The topological polar surface area (TPSA) is 139 Å². The molecule has 4 aromatic rings. The molecule has 4 N–H and O–H groups in total. The minimum Gasteiger partial charge on any atom is -0.481 e. The summed E-state index contributed by atoms with van der Waals surface area (Å²) in [7, 11) is 1.79. The van der Waals surface area contributed by atoms with Gasteiger partial charge in [0.25, 0.3) is 5.91 Å². The summed E-state index contributed by atoms with van der Waals surface area (Å²) in [6, 6.07) is 23.1. The molecule has 43 heavy (non-hydrogen) atoms. The Morgan fingerprint density at radius 1 is 0.953 bits per heavy atom. The molecule has 0 aliphatic carbocycles. The molecule has 3 aromatic carbocycles.